The van der Waals surface area contributed by atoms with E-state index in [-0.39, 0.29) is 0 Å². The molecule has 1 heterocycles. The number of hydrogen-bond acceptors (Lipinski definition) is 3. The van der Waals surface area contributed by atoms with Gasteiger partial charge in [-0.05, 0) is 47.5 Å². The Morgan fingerprint density at radius 3 is 2.82 bits per heavy atom. The minimum absolute atomic E-state index is 0.740. The first kappa shape index (κ1) is 12.0. The van der Waals surface area contributed by atoms with Crippen molar-refractivity contribution in [2.45, 2.75) is 20.4 Å². The van der Waals surface area contributed by atoms with Gasteiger partial charge in [-0.3, -0.25) is 5.10 Å². The summed E-state index contributed by atoms with van der Waals surface area (Å²) in [5.41, 5.74) is 11.0. The molecule has 0 aliphatic heterocycles. The number of rotatable bonds is 3. The summed E-state index contributed by atoms with van der Waals surface area (Å²) in [5.74, 6) is 0. The van der Waals surface area contributed by atoms with Gasteiger partial charge in [0, 0.05) is 33.6 Å². The normalized spacial score (nSPS) is 10.5. The summed E-state index contributed by atoms with van der Waals surface area (Å²) in [6.07, 6.45) is 1.83. The highest BCUT2D eigenvalue weighted by Gasteiger charge is 2.05. The van der Waals surface area contributed by atoms with Crippen LogP contribution in [0.15, 0.2) is 22.8 Å². The Labute approximate surface area is 109 Å². The molecular weight excluding hydrogens is 280 g/mol. The number of nitrogen functional groups attached to an aromatic ring is 1. The Morgan fingerprint density at radius 1 is 1.41 bits per heavy atom. The van der Waals surface area contributed by atoms with Crippen LogP contribution in [0.2, 0.25) is 0 Å². The molecule has 17 heavy (non-hydrogen) atoms. The maximum absolute atomic E-state index is 5.83. The zero-order chi connectivity index (χ0) is 12.4. The van der Waals surface area contributed by atoms with Gasteiger partial charge in [-0.2, -0.15) is 5.10 Å². The lowest BCUT2D eigenvalue weighted by Gasteiger charge is -2.10. The van der Waals surface area contributed by atoms with Crippen LogP contribution < -0.4 is 11.1 Å². The third-order valence-corrected chi connectivity index (χ3v) is 3.42. The van der Waals surface area contributed by atoms with Crippen LogP contribution in [-0.2, 0) is 6.54 Å². The Kier molecular flexibility index (Phi) is 3.38. The lowest BCUT2D eigenvalue weighted by molar-refractivity contribution is 1.04. The highest BCUT2D eigenvalue weighted by molar-refractivity contribution is 9.10. The van der Waals surface area contributed by atoms with Crippen molar-refractivity contribution in [1.29, 1.82) is 0 Å². The summed E-state index contributed by atoms with van der Waals surface area (Å²) < 4.78 is 0.974. The quantitative estimate of drug-likeness (QED) is 0.763. The van der Waals surface area contributed by atoms with Crippen LogP contribution in [0, 0.1) is 13.8 Å². The molecule has 0 atom stereocenters. The zero-order valence-corrected chi connectivity index (χ0v) is 11.4. The summed E-state index contributed by atoms with van der Waals surface area (Å²) in [4.78, 5) is 0. The van der Waals surface area contributed by atoms with E-state index in [9.17, 15) is 0 Å². The average molecular weight is 295 g/mol. The molecule has 90 valence electrons. The van der Waals surface area contributed by atoms with Gasteiger partial charge in [-0.15, -0.1) is 0 Å². The number of benzene rings is 1. The van der Waals surface area contributed by atoms with Crippen molar-refractivity contribution in [3.8, 4) is 0 Å². The molecule has 0 aliphatic rings. The van der Waals surface area contributed by atoms with Crippen LogP contribution in [0.1, 0.15) is 16.8 Å². The second kappa shape index (κ2) is 4.79. The summed E-state index contributed by atoms with van der Waals surface area (Å²) in [6, 6.07) is 3.95. The van der Waals surface area contributed by atoms with Crippen LogP contribution >= 0.6 is 15.9 Å². The van der Waals surface area contributed by atoms with Gasteiger partial charge in [-0.25, -0.2) is 0 Å². The van der Waals surface area contributed by atoms with Gasteiger partial charge >= 0.3 is 0 Å². The smallest absolute Gasteiger partial charge is 0.0539 e. The summed E-state index contributed by atoms with van der Waals surface area (Å²) in [6.45, 7) is 4.74. The lowest BCUT2D eigenvalue weighted by atomic mass is 10.2. The molecule has 0 saturated heterocycles. The summed E-state index contributed by atoms with van der Waals surface area (Å²) in [7, 11) is 0. The van der Waals surface area contributed by atoms with Crippen LogP contribution in [0.4, 0.5) is 11.4 Å². The lowest BCUT2D eigenvalue weighted by Crippen LogP contribution is -2.02. The number of anilines is 2. The molecule has 0 radical (unpaired) electrons. The molecular formula is C12H15BrN4. The topological polar surface area (TPSA) is 66.7 Å². The first-order valence-electron chi connectivity index (χ1n) is 5.36. The molecule has 0 fully saturated rings. The van der Waals surface area contributed by atoms with E-state index in [0.717, 1.165) is 39.2 Å². The molecule has 0 saturated carbocycles. The summed E-state index contributed by atoms with van der Waals surface area (Å²) in [5, 5.41) is 10.3. The monoisotopic (exact) mass is 294 g/mol. The maximum Gasteiger partial charge on any atom is 0.0539 e. The van der Waals surface area contributed by atoms with Gasteiger partial charge in [-0.1, -0.05) is 0 Å². The van der Waals surface area contributed by atoms with Crippen molar-refractivity contribution >= 4 is 27.3 Å². The molecule has 5 heteroatoms. The van der Waals surface area contributed by atoms with Crippen molar-refractivity contribution in [3.05, 3.63) is 39.6 Å². The third-order valence-electron chi connectivity index (χ3n) is 2.76. The van der Waals surface area contributed by atoms with Crippen LogP contribution in [0.3, 0.4) is 0 Å². The van der Waals surface area contributed by atoms with Gasteiger partial charge in [0.25, 0.3) is 0 Å². The Bertz CT molecular complexity index is 533. The molecule has 0 aliphatic carbocycles. The van der Waals surface area contributed by atoms with Gasteiger partial charge in [0.1, 0.15) is 0 Å². The number of aryl methyl sites for hydroxylation is 2. The highest BCUT2D eigenvalue weighted by Crippen LogP contribution is 2.28. The first-order chi connectivity index (χ1) is 8.08. The number of nitrogens with two attached hydrogens (primary N) is 1. The fraction of sp³-hybridized carbons (Fsp3) is 0.250. The van der Waals surface area contributed by atoms with Crippen molar-refractivity contribution in [1.82, 2.24) is 10.2 Å². The molecule has 0 bridgehead atoms. The number of aromatic nitrogens is 2. The van der Waals surface area contributed by atoms with Crippen LogP contribution in [-0.4, -0.2) is 10.2 Å². The number of nitrogens with one attached hydrogen (secondary N) is 2. The van der Waals surface area contributed by atoms with Crippen molar-refractivity contribution in [2.75, 3.05) is 11.1 Å². The summed E-state index contributed by atoms with van der Waals surface area (Å²) >= 11 is 3.50. The van der Waals surface area contributed by atoms with E-state index in [1.807, 2.05) is 32.2 Å². The number of H-pyrrole nitrogens is 1. The maximum atomic E-state index is 5.83. The van der Waals surface area contributed by atoms with E-state index < -0.39 is 0 Å². The number of halogens is 1. The predicted molar refractivity (Wildman–Crippen MR) is 73.9 cm³/mol. The molecule has 1 aromatic carbocycles. The fourth-order valence-electron chi connectivity index (χ4n) is 1.58. The van der Waals surface area contributed by atoms with Crippen LogP contribution in [0.25, 0.3) is 0 Å². The van der Waals surface area contributed by atoms with E-state index in [0.29, 0.717) is 0 Å². The molecule has 4 nitrogen and oxygen atoms in total. The minimum Gasteiger partial charge on any atom is -0.398 e. The van der Waals surface area contributed by atoms with Crippen LogP contribution in [0.5, 0.6) is 0 Å². The number of nitrogens with zero attached hydrogens (tertiary/aromatic N) is 1. The molecule has 2 aromatic rings. The number of hydrogen-bond donors (Lipinski definition) is 3. The predicted octanol–water partition coefficient (Wildman–Crippen LogP) is 2.98. The first-order valence-corrected chi connectivity index (χ1v) is 6.15. The molecule has 0 unspecified atom stereocenters. The van der Waals surface area contributed by atoms with E-state index >= 15 is 0 Å². The Hall–Kier alpha value is -1.49. The van der Waals surface area contributed by atoms with Crippen molar-refractivity contribution < 1.29 is 0 Å². The Balaban J connectivity index is 2.14. The van der Waals surface area contributed by atoms with E-state index in [4.69, 9.17) is 5.73 Å². The standard InChI is InChI=1S/C12H15BrN4/c1-7-3-12(10(13)4-11(7)14)15-5-9-6-16-17-8(9)2/h3-4,6,15H,5,14H2,1-2H3,(H,16,17). The third kappa shape index (κ3) is 2.61. The molecule has 0 spiro atoms. The average Bonchev–Trinajstić information content (AvgIpc) is 2.68. The van der Waals surface area contributed by atoms with Gasteiger partial charge < -0.3 is 11.1 Å². The van der Waals surface area contributed by atoms with E-state index in [1.165, 1.54) is 0 Å². The van der Waals surface area contributed by atoms with Gasteiger partial charge in [0.15, 0.2) is 0 Å². The SMILES string of the molecule is Cc1cc(NCc2cn[nH]c2C)c(Br)cc1N. The Morgan fingerprint density at radius 2 is 2.18 bits per heavy atom. The molecule has 2 rings (SSSR count). The second-order valence-electron chi connectivity index (χ2n) is 4.06. The molecule has 4 N–H and O–H groups in total. The van der Waals surface area contributed by atoms with E-state index in [1.54, 1.807) is 0 Å². The van der Waals surface area contributed by atoms with Crippen molar-refractivity contribution in [3.63, 3.8) is 0 Å². The van der Waals surface area contributed by atoms with Crippen molar-refractivity contribution in [2.24, 2.45) is 0 Å². The van der Waals surface area contributed by atoms with Gasteiger partial charge in [0.2, 0.25) is 0 Å². The zero-order valence-electron chi connectivity index (χ0n) is 9.84. The molecule has 1 aromatic heterocycles. The second-order valence-corrected chi connectivity index (χ2v) is 4.92. The van der Waals surface area contributed by atoms with Gasteiger partial charge in [0.05, 0.1) is 6.20 Å². The number of aromatic amines is 1. The largest absolute Gasteiger partial charge is 0.398 e. The minimum atomic E-state index is 0.740. The van der Waals surface area contributed by atoms with E-state index in [2.05, 4.69) is 31.4 Å². The highest BCUT2D eigenvalue weighted by atomic mass is 79.9. The molecule has 0 amide bonds. The fourth-order valence-corrected chi connectivity index (χ4v) is 2.08.